The van der Waals surface area contributed by atoms with Crippen LogP contribution < -0.4 is 0 Å². The van der Waals surface area contributed by atoms with Gasteiger partial charge >= 0.3 is 0 Å². The molecule has 0 aliphatic carbocycles. The van der Waals surface area contributed by atoms with Crippen LogP contribution in [0.5, 0.6) is 0 Å². The summed E-state index contributed by atoms with van der Waals surface area (Å²) in [6.45, 7) is 9.26. The zero-order valence-electron chi connectivity index (χ0n) is 6.51. The van der Waals surface area contributed by atoms with Crippen LogP contribution in [0, 0.1) is 0 Å². The van der Waals surface area contributed by atoms with Crippen molar-refractivity contribution >= 4 is 0 Å². The molecule has 0 aromatic carbocycles. The summed E-state index contributed by atoms with van der Waals surface area (Å²) in [5.74, 6) is 0. The molecule has 0 aliphatic heterocycles. The van der Waals surface area contributed by atoms with Crippen LogP contribution in [0.25, 0.3) is 0 Å². The van der Waals surface area contributed by atoms with E-state index in [1.165, 1.54) is 5.57 Å². The van der Waals surface area contributed by atoms with Gasteiger partial charge < -0.3 is 0 Å². The highest BCUT2D eigenvalue weighted by molar-refractivity contribution is 5.12. The Balaban J connectivity index is 3.67. The third-order valence-electron chi connectivity index (χ3n) is 1.11. The van der Waals surface area contributed by atoms with Gasteiger partial charge in [-0.1, -0.05) is 49.1 Å². The minimum atomic E-state index is 0.984. The lowest BCUT2D eigenvalue weighted by Crippen LogP contribution is -1.69. The van der Waals surface area contributed by atoms with Gasteiger partial charge in [-0.05, 0) is 13.3 Å². The second kappa shape index (κ2) is 6.09. The maximum absolute atomic E-state index is 3.61. The summed E-state index contributed by atoms with van der Waals surface area (Å²) in [7, 11) is 0. The average molecular weight is 134 g/mol. The van der Waals surface area contributed by atoms with Crippen molar-refractivity contribution in [1.29, 1.82) is 0 Å². The summed E-state index contributed by atoms with van der Waals surface area (Å²) in [5, 5.41) is 0. The maximum atomic E-state index is 3.61. The lowest BCUT2D eigenvalue weighted by molar-refractivity contribution is 1.21. The second-order valence-corrected chi connectivity index (χ2v) is 2.12. The van der Waals surface area contributed by atoms with Crippen molar-refractivity contribution in [2.24, 2.45) is 0 Å². The van der Waals surface area contributed by atoms with Gasteiger partial charge in [-0.25, -0.2) is 0 Å². The molecule has 0 fully saturated rings. The summed E-state index contributed by atoms with van der Waals surface area (Å²) in [6, 6.07) is 0. The van der Waals surface area contributed by atoms with Crippen LogP contribution in [0.4, 0.5) is 0 Å². The molecule has 0 aliphatic rings. The predicted molar refractivity (Wildman–Crippen MR) is 47.9 cm³/mol. The number of hydrogen-bond acceptors (Lipinski definition) is 0. The molecule has 0 heterocycles. The minimum absolute atomic E-state index is 0.984. The van der Waals surface area contributed by atoms with Gasteiger partial charge in [-0.3, -0.25) is 0 Å². The van der Waals surface area contributed by atoms with Gasteiger partial charge in [0.15, 0.2) is 0 Å². The third kappa shape index (κ3) is 5.10. The fourth-order valence-electron chi connectivity index (χ4n) is 0.619. The van der Waals surface area contributed by atoms with E-state index in [2.05, 4.69) is 26.2 Å². The summed E-state index contributed by atoms with van der Waals surface area (Å²) in [5.41, 5.74) is 1.31. The monoisotopic (exact) mass is 134 g/mol. The van der Waals surface area contributed by atoms with Crippen LogP contribution in [0.15, 0.2) is 49.1 Å². The van der Waals surface area contributed by atoms with Crippen LogP contribution in [0.2, 0.25) is 0 Å². The van der Waals surface area contributed by atoms with E-state index in [-0.39, 0.29) is 0 Å². The van der Waals surface area contributed by atoms with Crippen LogP contribution in [-0.2, 0) is 0 Å². The Kier molecular flexibility index (Phi) is 5.45. The Bertz CT molecular complexity index is 159. The van der Waals surface area contributed by atoms with E-state index >= 15 is 0 Å². The van der Waals surface area contributed by atoms with Crippen molar-refractivity contribution in [1.82, 2.24) is 0 Å². The van der Waals surface area contributed by atoms with Gasteiger partial charge in [0.2, 0.25) is 0 Å². The Morgan fingerprint density at radius 3 is 2.50 bits per heavy atom. The molecule has 0 saturated carbocycles. The fourth-order valence-corrected chi connectivity index (χ4v) is 0.619. The van der Waals surface area contributed by atoms with Crippen LogP contribution in [0.1, 0.15) is 13.3 Å². The van der Waals surface area contributed by atoms with Crippen molar-refractivity contribution in [3.63, 3.8) is 0 Å². The summed E-state index contributed by atoms with van der Waals surface area (Å²) in [6.07, 6.45) is 10.6. The van der Waals surface area contributed by atoms with Gasteiger partial charge in [0.25, 0.3) is 0 Å². The zero-order valence-corrected chi connectivity index (χ0v) is 6.51. The molecule has 0 saturated heterocycles. The molecular weight excluding hydrogens is 120 g/mol. The van der Waals surface area contributed by atoms with Gasteiger partial charge in [0, 0.05) is 0 Å². The van der Waals surface area contributed by atoms with E-state index in [0.29, 0.717) is 0 Å². The highest BCUT2D eigenvalue weighted by Crippen LogP contribution is 2.00. The highest BCUT2D eigenvalue weighted by Gasteiger charge is 1.79. The predicted octanol–water partition coefficient (Wildman–Crippen LogP) is 3.25. The molecule has 0 rings (SSSR count). The molecule has 0 spiro atoms. The smallest absolute Gasteiger partial charge is 0.0135 e. The molecule has 10 heavy (non-hydrogen) atoms. The van der Waals surface area contributed by atoms with E-state index in [0.717, 1.165) is 6.42 Å². The van der Waals surface area contributed by atoms with Crippen molar-refractivity contribution in [2.75, 3.05) is 0 Å². The first-order chi connectivity index (χ1) is 4.81. The lowest BCUT2D eigenvalue weighted by atomic mass is 10.2. The molecule has 0 amide bonds. The zero-order chi connectivity index (χ0) is 7.82. The second-order valence-electron chi connectivity index (χ2n) is 2.12. The molecule has 0 atom stereocenters. The first kappa shape index (κ1) is 8.96. The standard InChI is InChI=1S/C10H14/c1-4-6-7-9-10(3)8-5-2/h4-8H,1-2,9H2,3H3. The van der Waals surface area contributed by atoms with Gasteiger partial charge in [0.05, 0.1) is 0 Å². The molecule has 0 aromatic rings. The largest absolute Gasteiger partial charge is 0.0991 e. The molecule has 0 heteroatoms. The minimum Gasteiger partial charge on any atom is -0.0991 e. The summed E-state index contributed by atoms with van der Waals surface area (Å²) in [4.78, 5) is 0. The van der Waals surface area contributed by atoms with E-state index in [9.17, 15) is 0 Å². The number of hydrogen-bond donors (Lipinski definition) is 0. The Labute approximate surface area is 63.3 Å². The molecule has 0 aromatic heterocycles. The lowest BCUT2D eigenvalue weighted by Gasteiger charge is -1.89. The first-order valence-corrected chi connectivity index (χ1v) is 3.37. The molecule has 0 nitrogen and oxygen atoms in total. The van der Waals surface area contributed by atoms with E-state index < -0.39 is 0 Å². The summed E-state index contributed by atoms with van der Waals surface area (Å²) < 4.78 is 0. The van der Waals surface area contributed by atoms with Crippen LogP contribution in [-0.4, -0.2) is 0 Å². The first-order valence-electron chi connectivity index (χ1n) is 3.37. The van der Waals surface area contributed by atoms with Crippen molar-refractivity contribution < 1.29 is 0 Å². The third-order valence-corrected chi connectivity index (χ3v) is 1.11. The number of rotatable bonds is 4. The van der Waals surface area contributed by atoms with Gasteiger partial charge in [0.1, 0.15) is 0 Å². The van der Waals surface area contributed by atoms with Crippen LogP contribution >= 0.6 is 0 Å². The normalized spacial score (nSPS) is 11.9. The van der Waals surface area contributed by atoms with E-state index in [4.69, 9.17) is 0 Å². The van der Waals surface area contributed by atoms with Crippen molar-refractivity contribution in [2.45, 2.75) is 13.3 Å². The molecule has 0 bridgehead atoms. The van der Waals surface area contributed by atoms with Gasteiger partial charge in [-0.15, -0.1) is 0 Å². The summed E-state index contributed by atoms with van der Waals surface area (Å²) >= 11 is 0. The van der Waals surface area contributed by atoms with E-state index in [1.807, 2.05) is 12.2 Å². The Morgan fingerprint density at radius 1 is 1.30 bits per heavy atom. The topological polar surface area (TPSA) is 0 Å². The molecule has 0 unspecified atom stereocenters. The molecule has 0 radical (unpaired) electrons. The molecule has 0 N–H and O–H groups in total. The van der Waals surface area contributed by atoms with Crippen LogP contribution in [0.3, 0.4) is 0 Å². The Morgan fingerprint density at radius 2 is 2.00 bits per heavy atom. The average Bonchev–Trinajstić information content (AvgIpc) is 1.89. The highest BCUT2D eigenvalue weighted by atomic mass is 13.9. The van der Waals surface area contributed by atoms with Crippen molar-refractivity contribution in [3.05, 3.63) is 49.1 Å². The maximum Gasteiger partial charge on any atom is -0.0135 e. The van der Waals surface area contributed by atoms with E-state index in [1.54, 1.807) is 12.2 Å². The molecular formula is C10H14. The SMILES string of the molecule is C=CC=CCC(C)=CC=C. The Hall–Kier alpha value is -1.04. The van der Waals surface area contributed by atoms with Gasteiger partial charge in [-0.2, -0.15) is 0 Å². The molecule has 54 valence electrons. The fraction of sp³-hybridized carbons (Fsp3) is 0.200. The number of allylic oxidation sites excluding steroid dienone is 6. The quantitative estimate of drug-likeness (QED) is 0.518. The van der Waals surface area contributed by atoms with Crippen molar-refractivity contribution in [3.8, 4) is 0 Å².